The summed E-state index contributed by atoms with van der Waals surface area (Å²) in [6.07, 6.45) is 0.502. The van der Waals surface area contributed by atoms with Crippen LogP contribution in [0.25, 0.3) is 0 Å². The first-order chi connectivity index (χ1) is 8.12. The summed E-state index contributed by atoms with van der Waals surface area (Å²) in [6, 6.07) is 0. The lowest BCUT2D eigenvalue weighted by Crippen LogP contribution is -2.45. The third-order valence-corrected chi connectivity index (χ3v) is 2.64. The van der Waals surface area contributed by atoms with Gasteiger partial charge >= 0.3 is 0 Å². The smallest absolute Gasteiger partial charge is 0.265 e. The lowest BCUT2D eigenvalue weighted by atomic mass is 10.4. The summed E-state index contributed by atoms with van der Waals surface area (Å²) < 4.78 is 30.0. The van der Waals surface area contributed by atoms with Crippen LogP contribution < -0.4 is 5.11 Å². The first kappa shape index (κ1) is 20.6. The van der Waals surface area contributed by atoms with Crippen molar-refractivity contribution in [3.63, 3.8) is 0 Å². The highest BCUT2D eigenvalue weighted by Gasteiger charge is 2.10. The molecule has 0 aliphatic rings. The number of likely N-dealkylation sites (N-methyl/N-ethyl adjacent to an activating group) is 1. The summed E-state index contributed by atoms with van der Waals surface area (Å²) in [6.45, 7) is 0.819. The van der Waals surface area contributed by atoms with Gasteiger partial charge in [0.1, 0.15) is 6.54 Å². The second-order valence-corrected chi connectivity index (χ2v) is 8.05. The van der Waals surface area contributed by atoms with Crippen LogP contribution in [0.5, 0.6) is 0 Å². The Kier molecular flexibility index (Phi) is 8.45. The number of quaternary nitrogens is 2. The van der Waals surface area contributed by atoms with Gasteiger partial charge in [0.25, 0.3) is 10.1 Å². The summed E-state index contributed by atoms with van der Waals surface area (Å²) in [5.41, 5.74) is 0. The molecule has 1 N–H and O–H groups in total. The Bertz CT molecular complexity index is 366. The number of carbonyl (C=O) groups excluding carboxylic acids is 1. The number of aliphatic carboxylic acids is 1. The Morgan fingerprint density at radius 3 is 1.63 bits per heavy atom. The topological polar surface area (TPSA) is 94.5 Å². The SMILES string of the molecule is C[N+](C)(C)CC(=O)[O-].C[N+](C)(C)CCCS(=O)(=O)O. The first-order valence-electron chi connectivity index (χ1n) is 5.88. The largest absolute Gasteiger partial charge is 0.544 e. The summed E-state index contributed by atoms with van der Waals surface area (Å²) in [5, 5.41) is 9.89. The highest BCUT2D eigenvalue weighted by molar-refractivity contribution is 7.85. The fraction of sp³-hybridized carbons (Fsp3) is 0.909. The van der Waals surface area contributed by atoms with E-state index in [0.717, 1.165) is 11.0 Å². The molecule has 0 unspecified atom stereocenters. The van der Waals surface area contributed by atoms with Gasteiger partial charge in [-0.2, -0.15) is 8.42 Å². The predicted octanol–water partition coefficient (Wildman–Crippen LogP) is -1.59. The fourth-order valence-electron chi connectivity index (χ4n) is 1.11. The molecule has 0 aromatic carbocycles. The van der Waals surface area contributed by atoms with Gasteiger partial charge in [-0.15, -0.1) is 0 Å². The van der Waals surface area contributed by atoms with E-state index in [0.29, 0.717) is 10.9 Å². The van der Waals surface area contributed by atoms with Crippen molar-refractivity contribution in [3.05, 3.63) is 0 Å². The number of carbonyl (C=O) groups is 1. The molecule has 0 fully saturated rings. The van der Waals surface area contributed by atoms with Crippen LogP contribution in [0, 0.1) is 0 Å². The molecule has 0 aromatic heterocycles. The van der Waals surface area contributed by atoms with Gasteiger partial charge in [0, 0.05) is 6.42 Å². The Morgan fingerprint density at radius 1 is 1.05 bits per heavy atom. The normalized spacial score (nSPS) is 12.6. The average molecular weight is 299 g/mol. The lowest BCUT2D eigenvalue weighted by Gasteiger charge is -2.23. The first-order valence-corrected chi connectivity index (χ1v) is 7.49. The molecule has 0 aliphatic heterocycles. The van der Waals surface area contributed by atoms with Crippen molar-refractivity contribution in [2.24, 2.45) is 0 Å². The molecule has 0 atom stereocenters. The Balaban J connectivity index is 0. The minimum Gasteiger partial charge on any atom is -0.544 e. The molecule has 7 nitrogen and oxygen atoms in total. The minimum atomic E-state index is -3.76. The van der Waals surface area contributed by atoms with Crippen molar-refractivity contribution >= 4 is 16.1 Å². The molecule has 0 spiro atoms. The van der Waals surface area contributed by atoms with Crippen LogP contribution in [0.15, 0.2) is 0 Å². The average Bonchev–Trinajstić information content (AvgIpc) is 1.92. The Hall–Kier alpha value is -0.700. The van der Waals surface area contributed by atoms with Crippen molar-refractivity contribution in [3.8, 4) is 0 Å². The van der Waals surface area contributed by atoms with Crippen molar-refractivity contribution in [1.29, 1.82) is 0 Å². The van der Waals surface area contributed by atoms with E-state index in [4.69, 9.17) is 4.55 Å². The van der Waals surface area contributed by atoms with Gasteiger partial charge in [-0.1, -0.05) is 0 Å². The quantitative estimate of drug-likeness (QED) is 0.471. The maximum absolute atomic E-state index is 10.3. The molecule has 0 heterocycles. The van der Waals surface area contributed by atoms with Crippen molar-refractivity contribution in [2.75, 3.05) is 61.1 Å². The van der Waals surface area contributed by atoms with Gasteiger partial charge < -0.3 is 18.9 Å². The molecular formula is C11H27N2O5S+. The van der Waals surface area contributed by atoms with Crippen LogP contribution >= 0.6 is 0 Å². The molecule has 19 heavy (non-hydrogen) atoms. The molecule has 0 saturated carbocycles. The van der Waals surface area contributed by atoms with E-state index >= 15 is 0 Å². The highest BCUT2D eigenvalue weighted by Crippen LogP contribution is 1.95. The van der Waals surface area contributed by atoms with E-state index in [9.17, 15) is 18.3 Å². The number of carboxylic acid groups (broad SMARTS) is 1. The highest BCUT2D eigenvalue weighted by atomic mass is 32.2. The molecule has 0 saturated heterocycles. The summed E-state index contributed by atoms with van der Waals surface area (Å²) in [4.78, 5) is 9.89. The van der Waals surface area contributed by atoms with Gasteiger partial charge in [0.2, 0.25) is 0 Å². The van der Waals surface area contributed by atoms with E-state index in [1.165, 1.54) is 0 Å². The number of hydrogen-bond donors (Lipinski definition) is 1. The Labute approximate surface area is 116 Å². The van der Waals surface area contributed by atoms with Crippen LogP contribution in [0.3, 0.4) is 0 Å². The molecular weight excluding hydrogens is 272 g/mol. The van der Waals surface area contributed by atoms with Gasteiger partial charge in [-0.25, -0.2) is 0 Å². The van der Waals surface area contributed by atoms with Crippen LogP contribution in [-0.4, -0.2) is 89.0 Å². The number of carboxylic acids is 1. The van der Waals surface area contributed by atoms with Crippen molar-refractivity contribution < 1.29 is 31.8 Å². The zero-order chi connectivity index (χ0) is 15.9. The zero-order valence-corrected chi connectivity index (χ0v) is 13.5. The van der Waals surface area contributed by atoms with E-state index in [2.05, 4.69) is 0 Å². The fourth-order valence-corrected chi connectivity index (χ4v) is 1.60. The number of hydrogen-bond acceptors (Lipinski definition) is 4. The van der Waals surface area contributed by atoms with Crippen molar-refractivity contribution in [2.45, 2.75) is 6.42 Å². The second-order valence-electron chi connectivity index (χ2n) is 6.47. The third-order valence-electron chi connectivity index (χ3n) is 1.83. The van der Waals surface area contributed by atoms with Crippen LogP contribution in [0.2, 0.25) is 0 Å². The van der Waals surface area contributed by atoms with E-state index < -0.39 is 16.1 Å². The standard InChI is InChI=1S/C6H15NO3S.C5H11NO2/c1-7(2,3)5-4-6-11(8,9)10;1-6(2,3)4-5(7)8/h4-6H2,1-3H3;4H2,1-3H3/p+1. The van der Waals surface area contributed by atoms with Crippen molar-refractivity contribution in [1.82, 2.24) is 0 Å². The molecule has 0 bridgehead atoms. The second kappa shape index (κ2) is 7.78. The number of rotatable bonds is 6. The molecule has 8 heteroatoms. The lowest BCUT2D eigenvalue weighted by molar-refractivity contribution is -0.870. The summed E-state index contributed by atoms with van der Waals surface area (Å²) >= 11 is 0. The van der Waals surface area contributed by atoms with Gasteiger partial charge in [-0.3, -0.25) is 4.55 Å². The molecule has 0 amide bonds. The third kappa shape index (κ3) is 26.8. The zero-order valence-electron chi connectivity index (χ0n) is 12.7. The number of nitrogens with zero attached hydrogens (tertiary/aromatic N) is 2. The molecule has 0 aliphatic carbocycles. The summed E-state index contributed by atoms with van der Waals surface area (Å²) in [5.74, 6) is -1.14. The molecule has 0 rings (SSSR count). The van der Waals surface area contributed by atoms with Gasteiger partial charge in [0.05, 0.1) is 60.6 Å². The van der Waals surface area contributed by atoms with Gasteiger partial charge in [0.15, 0.2) is 0 Å². The Morgan fingerprint density at radius 2 is 1.47 bits per heavy atom. The van der Waals surface area contributed by atoms with Crippen LogP contribution in [0.4, 0.5) is 0 Å². The van der Waals surface area contributed by atoms with E-state index in [1.807, 2.05) is 21.1 Å². The summed E-state index contributed by atoms with van der Waals surface area (Å²) in [7, 11) is 7.58. The monoisotopic (exact) mass is 299 g/mol. The van der Waals surface area contributed by atoms with Gasteiger partial charge in [-0.05, 0) is 0 Å². The minimum absolute atomic E-state index is 0.0694. The van der Waals surface area contributed by atoms with E-state index in [-0.39, 0.29) is 12.3 Å². The van der Waals surface area contributed by atoms with Crippen LogP contribution in [-0.2, 0) is 14.9 Å². The molecule has 0 aromatic rings. The molecule has 0 radical (unpaired) electrons. The maximum Gasteiger partial charge on any atom is 0.265 e. The van der Waals surface area contributed by atoms with Crippen LogP contribution in [0.1, 0.15) is 6.42 Å². The van der Waals surface area contributed by atoms with E-state index in [1.54, 1.807) is 21.1 Å². The maximum atomic E-state index is 10.3. The molecule has 116 valence electrons. The predicted molar refractivity (Wildman–Crippen MR) is 71.8 cm³/mol.